The molecule has 1 heterocycles. The van der Waals surface area contributed by atoms with Gasteiger partial charge in [0.25, 0.3) is 0 Å². The fourth-order valence-corrected chi connectivity index (χ4v) is 3.84. The number of halogens is 3. The van der Waals surface area contributed by atoms with Gasteiger partial charge in [0.15, 0.2) is 0 Å². The molecule has 1 fully saturated rings. The van der Waals surface area contributed by atoms with Gasteiger partial charge in [-0.05, 0) is 62.2 Å². The number of piperidine rings is 1. The molecule has 0 saturated carbocycles. The van der Waals surface area contributed by atoms with Crippen LogP contribution >= 0.6 is 0 Å². The van der Waals surface area contributed by atoms with E-state index in [9.17, 15) is 13.2 Å². The van der Waals surface area contributed by atoms with Gasteiger partial charge in [-0.3, -0.25) is 0 Å². The van der Waals surface area contributed by atoms with E-state index in [1.54, 1.807) is 13.0 Å². The van der Waals surface area contributed by atoms with Gasteiger partial charge in [-0.2, -0.15) is 13.2 Å². The minimum absolute atomic E-state index is 0.177. The second kappa shape index (κ2) is 7.41. The molecule has 2 aromatic rings. The molecular weight excluding hydrogens is 337 g/mol. The topological polar surface area (TPSA) is 15.3 Å². The molecule has 3 rings (SSSR count). The first-order chi connectivity index (χ1) is 12.3. The molecule has 0 bridgehead atoms. The number of nitrogens with one attached hydrogen (secondary N) is 1. The fourth-order valence-electron chi connectivity index (χ4n) is 3.84. The van der Waals surface area contributed by atoms with E-state index >= 15 is 0 Å². The Bertz CT molecular complexity index is 743. The Morgan fingerprint density at radius 1 is 1.12 bits per heavy atom. The molecule has 0 aliphatic carbocycles. The molecule has 1 unspecified atom stereocenters. The van der Waals surface area contributed by atoms with Crippen molar-refractivity contribution in [3.63, 3.8) is 0 Å². The van der Waals surface area contributed by atoms with Crippen LogP contribution in [0.3, 0.4) is 0 Å². The molecule has 2 nitrogen and oxygen atoms in total. The maximum absolute atomic E-state index is 12.9. The molecule has 1 atom stereocenters. The van der Waals surface area contributed by atoms with Crippen LogP contribution in [0.15, 0.2) is 48.5 Å². The van der Waals surface area contributed by atoms with Crippen molar-refractivity contribution in [3.05, 3.63) is 70.8 Å². The van der Waals surface area contributed by atoms with Gasteiger partial charge in [0.05, 0.1) is 11.1 Å². The molecule has 140 valence electrons. The molecular formula is C21H25F3N2. The first kappa shape index (κ1) is 18.9. The van der Waals surface area contributed by atoms with Crippen LogP contribution in [-0.2, 0) is 18.3 Å². The Morgan fingerprint density at radius 2 is 1.85 bits per heavy atom. The monoisotopic (exact) mass is 362 g/mol. The van der Waals surface area contributed by atoms with Crippen molar-refractivity contribution in [2.45, 2.75) is 38.0 Å². The van der Waals surface area contributed by atoms with Crippen LogP contribution in [0.5, 0.6) is 0 Å². The number of aryl methyl sites for hydroxylation is 1. The number of alkyl halides is 3. The van der Waals surface area contributed by atoms with Crippen LogP contribution in [0.4, 0.5) is 13.2 Å². The van der Waals surface area contributed by atoms with Crippen molar-refractivity contribution >= 4 is 0 Å². The van der Waals surface area contributed by atoms with E-state index in [4.69, 9.17) is 0 Å². The van der Waals surface area contributed by atoms with E-state index in [2.05, 4.69) is 29.4 Å². The number of benzene rings is 2. The highest BCUT2D eigenvalue weighted by atomic mass is 19.4. The van der Waals surface area contributed by atoms with E-state index in [1.165, 1.54) is 17.7 Å². The van der Waals surface area contributed by atoms with Crippen molar-refractivity contribution < 1.29 is 13.2 Å². The summed E-state index contributed by atoms with van der Waals surface area (Å²) in [6.45, 7) is 4.24. The van der Waals surface area contributed by atoms with Crippen molar-refractivity contribution in [2.75, 3.05) is 20.1 Å². The minimum atomic E-state index is -4.30. The van der Waals surface area contributed by atoms with Crippen LogP contribution < -0.4 is 5.32 Å². The van der Waals surface area contributed by atoms with Crippen LogP contribution in [0.25, 0.3) is 0 Å². The number of likely N-dealkylation sites (N-methyl/N-ethyl adjacent to an activating group) is 1. The van der Waals surface area contributed by atoms with Gasteiger partial charge in [0.2, 0.25) is 0 Å². The smallest absolute Gasteiger partial charge is 0.304 e. The third kappa shape index (κ3) is 4.10. The zero-order chi connectivity index (χ0) is 18.8. The lowest BCUT2D eigenvalue weighted by Crippen LogP contribution is -2.53. The minimum Gasteiger partial charge on any atom is -0.304 e. The van der Waals surface area contributed by atoms with Crippen LogP contribution in [0, 0.1) is 6.92 Å². The summed E-state index contributed by atoms with van der Waals surface area (Å²) in [5.74, 6) is 0. The third-order valence-electron chi connectivity index (χ3n) is 5.30. The van der Waals surface area contributed by atoms with E-state index in [0.29, 0.717) is 12.1 Å². The Balaban J connectivity index is 1.83. The largest absolute Gasteiger partial charge is 0.416 e. The zero-order valence-corrected chi connectivity index (χ0v) is 15.2. The van der Waals surface area contributed by atoms with Gasteiger partial charge in [-0.1, -0.05) is 36.4 Å². The number of likely N-dealkylation sites (tertiary alicyclic amines) is 1. The van der Waals surface area contributed by atoms with Gasteiger partial charge >= 0.3 is 6.18 Å². The van der Waals surface area contributed by atoms with Crippen LogP contribution in [0.2, 0.25) is 0 Å². The Hall–Kier alpha value is -1.85. The summed E-state index contributed by atoms with van der Waals surface area (Å²) < 4.78 is 38.6. The molecule has 1 aliphatic rings. The normalized spacial score (nSPS) is 21.7. The van der Waals surface area contributed by atoms with Crippen LogP contribution in [0.1, 0.15) is 35.1 Å². The lowest BCUT2D eigenvalue weighted by Gasteiger charge is -2.43. The lowest BCUT2D eigenvalue weighted by molar-refractivity contribution is -0.137. The molecule has 2 aromatic carbocycles. The first-order valence-electron chi connectivity index (χ1n) is 8.96. The predicted molar refractivity (Wildman–Crippen MR) is 97.9 cm³/mol. The summed E-state index contributed by atoms with van der Waals surface area (Å²) in [5, 5.41) is 3.67. The number of nitrogens with zero attached hydrogens (tertiary/aromatic N) is 1. The van der Waals surface area contributed by atoms with E-state index < -0.39 is 11.7 Å². The molecule has 1 saturated heterocycles. The van der Waals surface area contributed by atoms with Gasteiger partial charge in [0, 0.05) is 13.1 Å². The standard InChI is InChI=1S/C21H25F3N2/c1-16-13-19(21(22,23)24)10-9-17(16)14-25-20(11-6-12-26(2)15-20)18-7-4-3-5-8-18/h3-5,7-10,13,25H,6,11-12,14-15H2,1-2H3. The summed E-state index contributed by atoms with van der Waals surface area (Å²) in [7, 11) is 2.11. The van der Waals surface area contributed by atoms with Crippen molar-refractivity contribution in [1.82, 2.24) is 10.2 Å². The summed E-state index contributed by atoms with van der Waals surface area (Å²) >= 11 is 0. The van der Waals surface area contributed by atoms with Crippen molar-refractivity contribution in [3.8, 4) is 0 Å². The third-order valence-corrected chi connectivity index (χ3v) is 5.30. The van der Waals surface area contributed by atoms with Gasteiger partial charge in [-0.25, -0.2) is 0 Å². The molecule has 0 aromatic heterocycles. The predicted octanol–water partition coefficient (Wildman–Crippen LogP) is 4.72. The van der Waals surface area contributed by atoms with E-state index in [1.807, 2.05) is 18.2 Å². The average Bonchev–Trinajstić information content (AvgIpc) is 2.60. The molecule has 0 radical (unpaired) electrons. The Morgan fingerprint density at radius 3 is 2.46 bits per heavy atom. The molecule has 26 heavy (non-hydrogen) atoms. The SMILES string of the molecule is Cc1cc(C(F)(F)F)ccc1CNC1(c2ccccc2)CCCN(C)C1. The molecule has 1 N–H and O–H groups in total. The maximum Gasteiger partial charge on any atom is 0.416 e. The summed E-state index contributed by atoms with van der Waals surface area (Å²) in [4.78, 5) is 2.31. The van der Waals surface area contributed by atoms with Crippen molar-refractivity contribution in [1.29, 1.82) is 0 Å². The van der Waals surface area contributed by atoms with Crippen LogP contribution in [-0.4, -0.2) is 25.0 Å². The first-order valence-corrected chi connectivity index (χ1v) is 8.96. The van der Waals surface area contributed by atoms with E-state index in [0.717, 1.165) is 31.5 Å². The molecule has 1 aliphatic heterocycles. The second-order valence-electron chi connectivity index (χ2n) is 7.28. The maximum atomic E-state index is 12.9. The van der Waals surface area contributed by atoms with Gasteiger partial charge in [0.1, 0.15) is 0 Å². The highest BCUT2D eigenvalue weighted by Gasteiger charge is 2.36. The lowest BCUT2D eigenvalue weighted by atomic mass is 9.82. The number of rotatable bonds is 4. The summed E-state index contributed by atoms with van der Waals surface area (Å²) in [5.41, 5.74) is 2.04. The summed E-state index contributed by atoms with van der Waals surface area (Å²) in [6.07, 6.45) is -2.19. The highest BCUT2D eigenvalue weighted by Crippen LogP contribution is 2.33. The highest BCUT2D eigenvalue weighted by molar-refractivity contribution is 5.33. The molecule has 0 amide bonds. The van der Waals surface area contributed by atoms with Crippen molar-refractivity contribution in [2.24, 2.45) is 0 Å². The number of hydrogen-bond donors (Lipinski definition) is 1. The molecule has 5 heteroatoms. The Labute approximate surface area is 153 Å². The quantitative estimate of drug-likeness (QED) is 0.846. The zero-order valence-electron chi connectivity index (χ0n) is 15.2. The van der Waals surface area contributed by atoms with Gasteiger partial charge < -0.3 is 10.2 Å². The molecule has 0 spiro atoms. The second-order valence-corrected chi connectivity index (χ2v) is 7.28. The number of hydrogen-bond acceptors (Lipinski definition) is 2. The average molecular weight is 362 g/mol. The Kier molecular flexibility index (Phi) is 5.39. The fraction of sp³-hybridized carbons (Fsp3) is 0.429. The van der Waals surface area contributed by atoms with Gasteiger partial charge in [-0.15, -0.1) is 0 Å². The summed E-state index contributed by atoms with van der Waals surface area (Å²) in [6, 6.07) is 14.3. The van der Waals surface area contributed by atoms with E-state index in [-0.39, 0.29) is 5.54 Å².